The average molecular weight is 420 g/mol. The molecule has 1 heterocycles. The van der Waals surface area contributed by atoms with Gasteiger partial charge in [0.2, 0.25) is 0 Å². The number of fused-ring (bicyclic) bond motifs is 1. The van der Waals surface area contributed by atoms with Crippen LogP contribution in [0.15, 0.2) is 47.9 Å². The molecular weight excluding hydrogens is 393 g/mol. The zero-order chi connectivity index (χ0) is 21.5. The lowest BCUT2D eigenvalue weighted by Crippen LogP contribution is -2.44. The first kappa shape index (κ1) is 21.0. The molecule has 4 rings (SSSR count). The van der Waals surface area contributed by atoms with Gasteiger partial charge in [0.15, 0.2) is 0 Å². The predicted molar refractivity (Wildman–Crippen MR) is 107 cm³/mol. The Labute approximate surface area is 175 Å². The summed E-state index contributed by atoms with van der Waals surface area (Å²) in [6.45, 7) is 3.75. The quantitative estimate of drug-likeness (QED) is 0.743. The van der Waals surface area contributed by atoms with E-state index in [1.807, 2.05) is 6.08 Å². The SMILES string of the molecule is COC1=CC2C(=O)C(Cc3cccc(C(F)(F)F)c3)CC2C=C1N1CCN(C)CC1. The molecule has 0 aromatic heterocycles. The van der Waals surface area contributed by atoms with E-state index in [0.29, 0.717) is 18.4 Å². The van der Waals surface area contributed by atoms with Crippen molar-refractivity contribution in [3.8, 4) is 0 Å². The van der Waals surface area contributed by atoms with Crippen LogP contribution < -0.4 is 0 Å². The van der Waals surface area contributed by atoms with E-state index in [4.69, 9.17) is 4.74 Å². The summed E-state index contributed by atoms with van der Waals surface area (Å²) >= 11 is 0. The number of Topliss-reactive ketones (excluding diaryl/α,β-unsaturated/α-hetero) is 1. The van der Waals surface area contributed by atoms with Crippen LogP contribution in [-0.4, -0.2) is 55.9 Å². The van der Waals surface area contributed by atoms with E-state index in [1.54, 1.807) is 13.2 Å². The second kappa shape index (κ2) is 8.10. The maximum atomic E-state index is 13.0. The number of alkyl halides is 3. The first-order valence-electron chi connectivity index (χ1n) is 10.4. The van der Waals surface area contributed by atoms with E-state index in [1.165, 1.54) is 6.07 Å². The normalized spacial score (nSPS) is 27.6. The number of carbonyl (C=O) groups excluding carboxylic acids is 1. The van der Waals surface area contributed by atoms with Gasteiger partial charge >= 0.3 is 6.18 Å². The Morgan fingerprint density at radius 2 is 1.87 bits per heavy atom. The Balaban J connectivity index is 1.52. The molecule has 162 valence electrons. The molecular formula is C23H27F3N2O2. The van der Waals surface area contributed by atoms with Crippen molar-refractivity contribution in [2.45, 2.75) is 19.0 Å². The highest BCUT2D eigenvalue weighted by Crippen LogP contribution is 2.43. The van der Waals surface area contributed by atoms with E-state index < -0.39 is 11.7 Å². The number of carbonyl (C=O) groups is 1. The fourth-order valence-corrected chi connectivity index (χ4v) is 4.81. The van der Waals surface area contributed by atoms with E-state index in [9.17, 15) is 18.0 Å². The lowest BCUT2D eigenvalue weighted by atomic mass is 9.88. The molecule has 0 bridgehead atoms. The molecule has 3 aliphatic rings. The van der Waals surface area contributed by atoms with E-state index in [0.717, 1.165) is 49.8 Å². The number of hydrogen-bond acceptors (Lipinski definition) is 4. The van der Waals surface area contributed by atoms with Crippen LogP contribution in [0.2, 0.25) is 0 Å². The Morgan fingerprint density at radius 3 is 2.53 bits per heavy atom. The zero-order valence-electron chi connectivity index (χ0n) is 17.3. The lowest BCUT2D eigenvalue weighted by molar-refractivity contribution is -0.137. The van der Waals surface area contributed by atoms with Crippen molar-refractivity contribution in [2.24, 2.45) is 17.8 Å². The summed E-state index contributed by atoms with van der Waals surface area (Å²) in [4.78, 5) is 17.6. The first-order chi connectivity index (χ1) is 14.3. The monoisotopic (exact) mass is 420 g/mol. The number of rotatable bonds is 4. The van der Waals surface area contributed by atoms with Gasteiger partial charge in [-0.05, 0) is 43.5 Å². The third-order valence-electron chi connectivity index (χ3n) is 6.50. The molecule has 1 saturated heterocycles. The molecule has 0 spiro atoms. The summed E-state index contributed by atoms with van der Waals surface area (Å²) < 4.78 is 44.7. The minimum Gasteiger partial charge on any atom is -0.495 e. The maximum Gasteiger partial charge on any atom is 0.416 e. The van der Waals surface area contributed by atoms with Gasteiger partial charge in [-0.2, -0.15) is 13.2 Å². The fraction of sp³-hybridized carbons (Fsp3) is 0.522. The summed E-state index contributed by atoms with van der Waals surface area (Å²) in [7, 11) is 3.72. The van der Waals surface area contributed by atoms with Gasteiger partial charge in [-0.3, -0.25) is 4.79 Å². The van der Waals surface area contributed by atoms with Crippen LogP contribution in [0, 0.1) is 17.8 Å². The predicted octanol–water partition coefficient (Wildman–Crippen LogP) is 3.74. The Bertz CT molecular complexity index is 869. The summed E-state index contributed by atoms with van der Waals surface area (Å²) in [5.41, 5.74) is 0.932. The van der Waals surface area contributed by atoms with Gasteiger partial charge in [0.1, 0.15) is 11.5 Å². The van der Waals surface area contributed by atoms with Crippen LogP contribution in [-0.2, 0) is 22.1 Å². The third kappa shape index (κ3) is 4.13. The average Bonchev–Trinajstić information content (AvgIpc) is 3.02. The van der Waals surface area contributed by atoms with Gasteiger partial charge in [-0.1, -0.05) is 24.3 Å². The summed E-state index contributed by atoms with van der Waals surface area (Å²) in [5, 5.41) is 0. The van der Waals surface area contributed by atoms with Gasteiger partial charge in [-0.15, -0.1) is 0 Å². The minimum absolute atomic E-state index is 0.0712. The number of ketones is 1. The molecule has 7 heteroatoms. The number of halogens is 3. The molecule has 0 amide bonds. The zero-order valence-corrected chi connectivity index (χ0v) is 17.3. The van der Waals surface area contributed by atoms with Crippen molar-refractivity contribution < 1.29 is 22.7 Å². The largest absolute Gasteiger partial charge is 0.495 e. The number of likely N-dealkylation sites (N-methyl/N-ethyl adjacent to an activating group) is 1. The minimum atomic E-state index is -4.38. The number of hydrogen-bond donors (Lipinski definition) is 0. The van der Waals surface area contributed by atoms with Gasteiger partial charge in [-0.25, -0.2) is 0 Å². The molecule has 30 heavy (non-hydrogen) atoms. The molecule has 0 radical (unpaired) electrons. The van der Waals surface area contributed by atoms with Crippen molar-refractivity contribution in [3.63, 3.8) is 0 Å². The lowest BCUT2D eigenvalue weighted by Gasteiger charge is -2.37. The summed E-state index contributed by atoms with van der Waals surface area (Å²) in [5.74, 6) is 0.365. The molecule has 2 aliphatic carbocycles. The fourth-order valence-electron chi connectivity index (χ4n) is 4.81. The molecule has 1 aliphatic heterocycles. The molecule has 1 aromatic rings. The van der Waals surface area contributed by atoms with E-state index in [-0.39, 0.29) is 23.5 Å². The number of methoxy groups -OCH3 is 1. The highest BCUT2D eigenvalue weighted by atomic mass is 19.4. The second-order valence-electron chi connectivity index (χ2n) is 8.50. The van der Waals surface area contributed by atoms with E-state index >= 15 is 0 Å². The van der Waals surface area contributed by atoms with Crippen molar-refractivity contribution in [2.75, 3.05) is 40.3 Å². The molecule has 1 saturated carbocycles. The maximum absolute atomic E-state index is 13.0. The van der Waals surface area contributed by atoms with Crippen LogP contribution >= 0.6 is 0 Å². The van der Waals surface area contributed by atoms with Crippen molar-refractivity contribution in [3.05, 3.63) is 59.0 Å². The molecule has 0 N–H and O–H groups in total. The van der Waals surface area contributed by atoms with Gasteiger partial charge < -0.3 is 14.5 Å². The van der Waals surface area contributed by atoms with Crippen LogP contribution in [0.4, 0.5) is 13.2 Å². The van der Waals surface area contributed by atoms with Crippen LogP contribution in [0.1, 0.15) is 17.5 Å². The molecule has 1 aromatic carbocycles. The number of benzene rings is 1. The van der Waals surface area contributed by atoms with Gasteiger partial charge in [0, 0.05) is 38.0 Å². The highest BCUT2D eigenvalue weighted by Gasteiger charge is 2.43. The summed E-state index contributed by atoms with van der Waals surface area (Å²) in [6, 6.07) is 5.32. The smallest absolute Gasteiger partial charge is 0.416 e. The van der Waals surface area contributed by atoms with E-state index in [2.05, 4.69) is 22.9 Å². The number of nitrogens with zero attached hydrogens (tertiary/aromatic N) is 2. The van der Waals surface area contributed by atoms with Crippen molar-refractivity contribution >= 4 is 5.78 Å². The molecule has 3 unspecified atom stereocenters. The van der Waals surface area contributed by atoms with Crippen LogP contribution in [0.3, 0.4) is 0 Å². The third-order valence-corrected chi connectivity index (χ3v) is 6.50. The summed E-state index contributed by atoms with van der Waals surface area (Å²) in [6.07, 6.45) is 0.694. The first-order valence-corrected chi connectivity index (χ1v) is 10.4. The van der Waals surface area contributed by atoms with Crippen molar-refractivity contribution in [1.29, 1.82) is 0 Å². The van der Waals surface area contributed by atoms with Gasteiger partial charge in [0.25, 0.3) is 0 Å². The Kier molecular flexibility index (Phi) is 5.66. The molecule has 3 atom stereocenters. The molecule has 2 fully saturated rings. The van der Waals surface area contributed by atoms with Crippen molar-refractivity contribution in [1.82, 2.24) is 9.80 Å². The molecule has 4 nitrogen and oxygen atoms in total. The standard InChI is InChI=1S/C23H27F3N2O2/c1-27-6-8-28(9-7-27)20-13-16-12-17(22(29)19(16)14-21(20)30-2)10-15-4-3-5-18(11-15)23(24,25)26/h3-5,11,13-14,16-17,19H,6-10,12H2,1-2H3. The van der Waals surface area contributed by atoms with Gasteiger partial charge in [0.05, 0.1) is 18.4 Å². The van der Waals surface area contributed by atoms with Crippen LogP contribution in [0.5, 0.6) is 0 Å². The second-order valence-corrected chi connectivity index (χ2v) is 8.50. The Hall–Kier alpha value is -2.28. The topological polar surface area (TPSA) is 32.8 Å². The number of piperazine rings is 1. The number of ether oxygens (including phenoxy) is 1. The van der Waals surface area contributed by atoms with Crippen LogP contribution in [0.25, 0.3) is 0 Å². The number of allylic oxidation sites excluding steroid dienone is 2. The highest BCUT2D eigenvalue weighted by molar-refractivity contribution is 5.88. The Morgan fingerprint density at radius 1 is 1.13 bits per heavy atom.